The molecule has 1 fully saturated rings. The number of ether oxygens (including phenoxy) is 2. The first kappa shape index (κ1) is 31.6. The molecule has 2 aromatic carbocycles. The fourth-order valence-electron chi connectivity index (χ4n) is 5.46. The Kier molecular flexibility index (Phi) is 10.6. The van der Waals surface area contributed by atoms with Gasteiger partial charge in [-0.1, -0.05) is 26.0 Å². The molecular weight excluding hydrogens is 576 g/mol. The molecular formula is C32H42N8O3S. The summed E-state index contributed by atoms with van der Waals surface area (Å²) in [6.45, 7) is 9.56. The number of rotatable bonds is 13. The number of hydrogen-bond donors (Lipinski definition) is 3. The van der Waals surface area contributed by atoms with Gasteiger partial charge in [-0.15, -0.1) is 11.8 Å². The summed E-state index contributed by atoms with van der Waals surface area (Å²) in [7, 11) is 3.33. The highest BCUT2D eigenvalue weighted by Crippen LogP contribution is 2.38. The first-order valence-electron chi connectivity index (χ1n) is 15.0. The molecule has 44 heavy (non-hydrogen) atoms. The second-order valence-electron chi connectivity index (χ2n) is 11.1. The van der Waals surface area contributed by atoms with Crippen molar-refractivity contribution < 1.29 is 14.3 Å². The van der Waals surface area contributed by atoms with Crippen molar-refractivity contribution in [1.82, 2.24) is 29.8 Å². The average Bonchev–Trinajstić information content (AvgIpc) is 3.49. The van der Waals surface area contributed by atoms with Crippen molar-refractivity contribution in [3.63, 3.8) is 0 Å². The number of amides is 1. The highest BCUT2D eigenvalue weighted by molar-refractivity contribution is 8.00. The molecule has 0 radical (unpaired) electrons. The van der Waals surface area contributed by atoms with E-state index in [2.05, 4.69) is 60.0 Å². The van der Waals surface area contributed by atoms with Crippen molar-refractivity contribution in [3.05, 3.63) is 59.8 Å². The SMILES string of the molecule is COCCNCC(=O)N1CCC(c2cc(OC)c(Nc3nc(Nc4ccccc4SC(C)C)n4nccc4n3)cc2C)CC1. The summed E-state index contributed by atoms with van der Waals surface area (Å²) in [4.78, 5) is 25.2. The summed E-state index contributed by atoms with van der Waals surface area (Å²) in [6, 6.07) is 14.2. The minimum atomic E-state index is 0.139. The molecule has 1 aliphatic heterocycles. The van der Waals surface area contributed by atoms with Crippen LogP contribution in [0.3, 0.4) is 0 Å². The zero-order valence-corrected chi connectivity index (χ0v) is 26.9. The smallest absolute Gasteiger partial charge is 0.236 e. The second kappa shape index (κ2) is 14.7. The summed E-state index contributed by atoms with van der Waals surface area (Å²) < 4.78 is 12.6. The Morgan fingerprint density at radius 3 is 2.61 bits per heavy atom. The summed E-state index contributed by atoms with van der Waals surface area (Å²) in [5.74, 6) is 2.20. The molecule has 0 spiro atoms. The minimum Gasteiger partial charge on any atom is -0.495 e. The van der Waals surface area contributed by atoms with Gasteiger partial charge in [0.05, 0.1) is 37.8 Å². The highest BCUT2D eigenvalue weighted by Gasteiger charge is 2.26. The second-order valence-corrected chi connectivity index (χ2v) is 12.7. The molecule has 11 nitrogen and oxygen atoms in total. The molecule has 3 N–H and O–H groups in total. The molecule has 1 amide bonds. The number of fused-ring (bicyclic) bond motifs is 1. The molecule has 0 bridgehead atoms. The van der Waals surface area contributed by atoms with Gasteiger partial charge in [0.2, 0.25) is 17.8 Å². The minimum absolute atomic E-state index is 0.139. The Balaban J connectivity index is 1.32. The number of nitrogens with one attached hydrogen (secondary N) is 3. The molecule has 5 rings (SSSR count). The quantitative estimate of drug-likeness (QED) is 0.133. The fourth-order valence-corrected chi connectivity index (χ4v) is 6.37. The van der Waals surface area contributed by atoms with Gasteiger partial charge in [-0.3, -0.25) is 4.79 Å². The standard InChI is InChI=1S/C32H42N8O3S/c1-21(2)44-28-9-7-6-8-25(28)36-32-38-31(37-29-10-13-34-40(29)32)35-26-18-22(3)24(19-27(26)43-5)23-11-15-39(16-12-23)30(41)20-33-14-17-42-4/h6-10,13,18-19,21,23,33H,11-12,14-17,20H2,1-5H3,(H2,35,36,37,38). The van der Waals surface area contributed by atoms with Gasteiger partial charge in [-0.05, 0) is 61.1 Å². The number of aryl methyl sites for hydroxylation is 1. The number of nitrogens with zero attached hydrogens (tertiary/aromatic N) is 5. The van der Waals surface area contributed by atoms with Gasteiger partial charge in [-0.2, -0.15) is 19.6 Å². The van der Waals surface area contributed by atoms with E-state index < -0.39 is 0 Å². The van der Waals surface area contributed by atoms with E-state index in [4.69, 9.17) is 19.4 Å². The topological polar surface area (TPSA) is 118 Å². The zero-order chi connectivity index (χ0) is 31.1. The lowest BCUT2D eigenvalue weighted by atomic mass is 9.86. The lowest BCUT2D eigenvalue weighted by molar-refractivity contribution is -0.131. The van der Waals surface area contributed by atoms with Crippen LogP contribution in [0.1, 0.15) is 43.7 Å². The van der Waals surface area contributed by atoms with Gasteiger partial charge in [0, 0.05) is 43.0 Å². The Labute approximate surface area is 263 Å². The molecule has 234 valence electrons. The van der Waals surface area contributed by atoms with Crippen LogP contribution in [0.2, 0.25) is 0 Å². The van der Waals surface area contributed by atoms with E-state index in [1.807, 2.05) is 29.2 Å². The van der Waals surface area contributed by atoms with E-state index in [1.165, 1.54) is 5.56 Å². The molecule has 0 unspecified atom stereocenters. The molecule has 0 aliphatic carbocycles. The number of piperidine rings is 1. The van der Waals surface area contributed by atoms with Crippen LogP contribution in [-0.2, 0) is 9.53 Å². The first-order valence-corrected chi connectivity index (χ1v) is 15.9. The van der Waals surface area contributed by atoms with Crippen LogP contribution in [0.25, 0.3) is 5.65 Å². The number of carbonyl (C=O) groups excluding carboxylic acids is 1. The highest BCUT2D eigenvalue weighted by atomic mass is 32.2. The predicted octanol–water partition coefficient (Wildman–Crippen LogP) is 5.37. The molecule has 1 saturated heterocycles. The first-order chi connectivity index (χ1) is 21.4. The maximum absolute atomic E-state index is 12.6. The van der Waals surface area contributed by atoms with E-state index in [9.17, 15) is 4.79 Å². The van der Waals surface area contributed by atoms with Gasteiger partial charge in [0.15, 0.2) is 5.65 Å². The number of aromatic nitrogens is 4. The number of hydrogen-bond acceptors (Lipinski definition) is 10. The largest absolute Gasteiger partial charge is 0.495 e. The monoisotopic (exact) mass is 618 g/mol. The molecule has 3 heterocycles. The number of methoxy groups -OCH3 is 2. The van der Waals surface area contributed by atoms with Crippen molar-refractivity contribution >= 4 is 46.6 Å². The number of likely N-dealkylation sites (tertiary alicyclic amines) is 1. The van der Waals surface area contributed by atoms with Gasteiger partial charge >= 0.3 is 0 Å². The van der Waals surface area contributed by atoms with Crippen molar-refractivity contribution in [1.29, 1.82) is 0 Å². The van der Waals surface area contributed by atoms with Gasteiger partial charge in [0.25, 0.3) is 0 Å². The summed E-state index contributed by atoms with van der Waals surface area (Å²) >= 11 is 1.79. The van der Waals surface area contributed by atoms with Crippen molar-refractivity contribution in [2.24, 2.45) is 0 Å². The van der Waals surface area contributed by atoms with E-state index in [0.29, 0.717) is 48.4 Å². The molecule has 0 atom stereocenters. The summed E-state index contributed by atoms with van der Waals surface area (Å²) in [5.41, 5.74) is 4.81. The number of para-hydroxylation sites is 1. The maximum Gasteiger partial charge on any atom is 0.236 e. The van der Waals surface area contributed by atoms with E-state index in [1.54, 1.807) is 36.7 Å². The Bertz CT molecular complexity index is 1570. The van der Waals surface area contributed by atoms with Gasteiger partial charge < -0.3 is 30.3 Å². The molecule has 12 heteroatoms. The third-order valence-corrected chi connectivity index (χ3v) is 8.71. The van der Waals surface area contributed by atoms with Crippen LogP contribution in [0.5, 0.6) is 5.75 Å². The summed E-state index contributed by atoms with van der Waals surface area (Å²) in [6.07, 6.45) is 3.53. The van der Waals surface area contributed by atoms with Gasteiger partial charge in [-0.25, -0.2) is 0 Å². The van der Waals surface area contributed by atoms with Crippen LogP contribution in [0.4, 0.5) is 23.3 Å². The predicted molar refractivity (Wildman–Crippen MR) is 176 cm³/mol. The Morgan fingerprint density at radius 1 is 1.07 bits per heavy atom. The number of benzene rings is 2. The fraction of sp³-hybridized carbons (Fsp3) is 0.438. The Morgan fingerprint density at radius 2 is 1.86 bits per heavy atom. The normalized spacial score (nSPS) is 13.9. The molecule has 4 aromatic rings. The number of carbonyl (C=O) groups is 1. The van der Waals surface area contributed by atoms with Crippen LogP contribution in [0.15, 0.2) is 53.6 Å². The van der Waals surface area contributed by atoms with Crippen LogP contribution < -0.4 is 20.7 Å². The van der Waals surface area contributed by atoms with Crippen molar-refractivity contribution in [2.45, 2.75) is 49.7 Å². The van der Waals surface area contributed by atoms with Gasteiger partial charge in [0.1, 0.15) is 5.75 Å². The zero-order valence-electron chi connectivity index (χ0n) is 26.1. The number of thioether (sulfide) groups is 1. The Hall–Kier alpha value is -3.87. The third kappa shape index (κ3) is 7.61. The van der Waals surface area contributed by atoms with Crippen LogP contribution in [0, 0.1) is 6.92 Å². The van der Waals surface area contributed by atoms with E-state index in [-0.39, 0.29) is 5.91 Å². The molecule has 1 aliphatic rings. The van der Waals surface area contributed by atoms with Crippen LogP contribution >= 0.6 is 11.8 Å². The van der Waals surface area contributed by atoms with Crippen molar-refractivity contribution in [2.75, 3.05) is 57.6 Å². The maximum atomic E-state index is 12.6. The number of anilines is 4. The van der Waals surface area contributed by atoms with Crippen molar-refractivity contribution in [3.8, 4) is 5.75 Å². The van der Waals surface area contributed by atoms with E-state index >= 15 is 0 Å². The lowest BCUT2D eigenvalue weighted by Crippen LogP contribution is -2.43. The molecule has 0 saturated carbocycles. The average molecular weight is 619 g/mol. The lowest BCUT2D eigenvalue weighted by Gasteiger charge is -2.33. The molecule has 2 aromatic heterocycles. The van der Waals surface area contributed by atoms with Crippen LogP contribution in [-0.4, -0.2) is 82.6 Å². The third-order valence-electron chi connectivity index (χ3n) is 7.63. The van der Waals surface area contributed by atoms with E-state index in [0.717, 1.165) is 53.5 Å². The summed E-state index contributed by atoms with van der Waals surface area (Å²) in [5, 5.41) is 14.9.